The Balaban J connectivity index is 1.98. The summed E-state index contributed by atoms with van der Waals surface area (Å²) in [5.41, 5.74) is 1.71. The third-order valence-electron chi connectivity index (χ3n) is 3.44. The van der Waals surface area contributed by atoms with Gasteiger partial charge in [0.2, 0.25) is 0 Å². The molecule has 1 heterocycles. The molecule has 1 atom stereocenters. The molecule has 0 fully saturated rings. The molecule has 0 aliphatic heterocycles. The zero-order valence-electron chi connectivity index (χ0n) is 11.1. The first-order valence-electron chi connectivity index (χ1n) is 6.57. The molecule has 3 rings (SSSR count). The molecule has 3 nitrogen and oxygen atoms in total. The Morgan fingerprint density at radius 3 is 2.65 bits per heavy atom. The molecule has 3 aromatic rings. The summed E-state index contributed by atoms with van der Waals surface area (Å²) in [5, 5.41) is 16.9. The molecule has 0 spiro atoms. The summed E-state index contributed by atoms with van der Waals surface area (Å²) in [6.07, 6.45) is 2.97. The zero-order chi connectivity index (χ0) is 14.1. The Morgan fingerprint density at radius 1 is 1.15 bits per heavy atom. The standard InChI is InChI=1S/C16H15BrN2O/c1-2-19-10-14(9-18-19)16(20)13-4-3-12-8-15(17)6-5-11(12)7-13/h3-10,16,20H,2H2,1H3. The van der Waals surface area contributed by atoms with Crippen LogP contribution in [0, 0.1) is 0 Å². The number of nitrogens with zero attached hydrogens (tertiary/aromatic N) is 2. The summed E-state index contributed by atoms with van der Waals surface area (Å²) in [6.45, 7) is 2.83. The van der Waals surface area contributed by atoms with Gasteiger partial charge in [-0.2, -0.15) is 5.10 Å². The number of aliphatic hydroxyl groups excluding tert-OH is 1. The average molecular weight is 331 g/mol. The van der Waals surface area contributed by atoms with Gasteiger partial charge in [0.1, 0.15) is 6.10 Å². The van der Waals surface area contributed by atoms with Crippen LogP contribution in [0.15, 0.2) is 53.3 Å². The van der Waals surface area contributed by atoms with Gasteiger partial charge in [-0.3, -0.25) is 4.68 Å². The summed E-state index contributed by atoms with van der Waals surface area (Å²) in [5.74, 6) is 0. The highest BCUT2D eigenvalue weighted by molar-refractivity contribution is 9.10. The predicted molar refractivity (Wildman–Crippen MR) is 83.6 cm³/mol. The highest BCUT2D eigenvalue weighted by Gasteiger charge is 2.13. The van der Waals surface area contributed by atoms with Crippen molar-refractivity contribution >= 4 is 26.7 Å². The van der Waals surface area contributed by atoms with Crippen molar-refractivity contribution in [3.05, 3.63) is 64.4 Å². The predicted octanol–water partition coefficient (Wildman–Crippen LogP) is 3.90. The lowest BCUT2D eigenvalue weighted by molar-refractivity contribution is 0.220. The fourth-order valence-corrected chi connectivity index (χ4v) is 2.67. The largest absolute Gasteiger partial charge is 0.384 e. The Hall–Kier alpha value is -1.65. The number of halogens is 1. The molecule has 0 bridgehead atoms. The van der Waals surface area contributed by atoms with Crippen molar-refractivity contribution in [3.63, 3.8) is 0 Å². The average Bonchev–Trinajstić information content (AvgIpc) is 2.95. The minimum absolute atomic E-state index is 0.636. The van der Waals surface area contributed by atoms with E-state index in [9.17, 15) is 5.11 Å². The lowest BCUT2D eigenvalue weighted by Gasteiger charge is -2.10. The van der Waals surface area contributed by atoms with E-state index < -0.39 is 6.10 Å². The van der Waals surface area contributed by atoms with E-state index in [1.807, 2.05) is 48.1 Å². The molecule has 0 aliphatic carbocycles. The van der Waals surface area contributed by atoms with E-state index in [2.05, 4.69) is 27.1 Å². The molecule has 0 aliphatic rings. The number of hydrogen-bond acceptors (Lipinski definition) is 2. The molecule has 0 saturated heterocycles. The van der Waals surface area contributed by atoms with Crippen LogP contribution in [-0.2, 0) is 6.54 Å². The molecular weight excluding hydrogens is 316 g/mol. The minimum atomic E-state index is -0.636. The molecule has 4 heteroatoms. The lowest BCUT2D eigenvalue weighted by atomic mass is 10.0. The number of benzene rings is 2. The van der Waals surface area contributed by atoms with Crippen LogP contribution in [0.2, 0.25) is 0 Å². The minimum Gasteiger partial charge on any atom is -0.384 e. The van der Waals surface area contributed by atoms with Crippen LogP contribution in [0.1, 0.15) is 24.2 Å². The van der Waals surface area contributed by atoms with Gasteiger partial charge in [0.15, 0.2) is 0 Å². The second kappa shape index (κ2) is 5.38. The van der Waals surface area contributed by atoms with Crippen molar-refractivity contribution in [2.24, 2.45) is 0 Å². The van der Waals surface area contributed by atoms with Crippen molar-refractivity contribution in [2.45, 2.75) is 19.6 Å². The highest BCUT2D eigenvalue weighted by atomic mass is 79.9. The summed E-state index contributed by atoms with van der Waals surface area (Å²) in [7, 11) is 0. The maximum absolute atomic E-state index is 10.5. The van der Waals surface area contributed by atoms with Crippen LogP contribution in [0.5, 0.6) is 0 Å². The molecule has 0 amide bonds. The molecule has 20 heavy (non-hydrogen) atoms. The molecule has 1 aromatic heterocycles. The van der Waals surface area contributed by atoms with Gasteiger partial charge in [0.05, 0.1) is 6.20 Å². The third kappa shape index (κ3) is 2.49. The second-order valence-corrected chi connectivity index (χ2v) is 5.70. The van der Waals surface area contributed by atoms with Crippen molar-refractivity contribution in [1.82, 2.24) is 9.78 Å². The topological polar surface area (TPSA) is 38.0 Å². The second-order valence-electron chi connectivity index (χ2n) is 4.78. The smallest absolute Gasteiger partial charge is 0.107 e. The van der Waals surface area contributed by atoms with Gasteiger partial charge in [-0.05, 0) is 41.5 Å². The fourth-order valence-electron chi connectivity index (χ4n) is 2.29. The Morgan fingerprint density at radius 2 is 1.90 bits per heavy atom. The maximum atomic E-state index is 10.5. The summed E-state index contributed by atoms with van der Waals surface area (Å²) in [4.78, 5) is 0. The Bertz CT molecular complexity index is 751. The SMILES string of the molecule is CCn1cc(C(O)c2ccc3cc(Br)ccc3c2)cn1. The zero-order valence-corrected chi connectivity index (χ0v) is 12.7. The molecule has 2 aromatic carbocycles. The summed E-state index contributed by atoms with van der Waals surface area (Å²) >= 11 is 3.47. The molecule has 1 N–H and O–H groups in total. The van der Waals surface area contributed by atoms with Crippen LogP contribution in [0.3, 0.4) is 0 Å². The highest BCUT2D eigenvalue weighted by Crippen LogP contribution is 2.26. The lowest BCUT2D eigenvalue weighted by Crippen LogP contribution is -1.98. The molecule has 102 valence electrons. The quantitative estimate of drug-likeness (QED) is 0.790. The van der Waals surface area contributed by atoms with E-state index in [1.165, 1.54) is 0 Å². The van der Waals surface area contributed by atoms with Crippen LogP contribution < -0.4 is 0 Å². The molecule has 0 radical (unpaired) electrons. The maximum Gasteiger partial charge on any atom is 0.107 e. The van der Waals surface area contributed by atoms with Crippen molar-refractivity contribution in [2.75, 3.05) is 0 Å². The number of hydrogen-bond donors (Lipinski definition) is 1. The van der Waals surface area contributed by atoms with Crippen LogP contribution in [0.25, 0.3) is 10.8 Å². The van der Waals surface area contributed by atoms with E-state index in [0.717, 1.165) is 32.9 Å². The molecule has 0 saturated carbocycles. The van der Waals surface area contributed by atoms with Crippen molar-refractivity contribution in [1.29, 1.82) is 0 Å². The first kappa shape index (κ1) is 13.3. The van der Waals surface area contributed by atoms with Gasteiger partial charge in [0, 0.05) is 22.8 Å². The van der Waals surface area contributed by atoms with Crippen molar-refractivity contribution < 1.29 is 5.11 Å². The summed E-state index contributed by atoms with van der Waals surface area (Å²) in [6, 6.07) is 12.1. The van der Waals surface area contributed by atoms with Gasteiger partial charge in [0.25, 0.3) is 0 Å². The fraction of sp³-hybridized carbons (Fsp3) is 0.188. The van der Waals surface area contributed by atoms with E-state index in [-0.39, 0.29) is 0 Å². The number of fused-ring (bicyclic) bond motifs is 1. The number of aromatic nitrogens is 2. The van der Waals surface area contributed by atoms with Crippen molar-refractivity contribution in [3.8, 4) is 0 Å². The van der Waals surface area contributed by atoms with E-state index >= 15 is 0 Å². The molecule has 1 unspecified atom stereocenters. The Labute approximate surface area is 126 Å². The van der Waals surface area contributed by atoms with Crippen LogP contribution >= 0.6 is 15.9 Å². The van der Waals surface area contributed by atoms with E-state index in [4.69, 9.17) is 0 Å². The van der Waals surface area contributed by atoms with E-state index in [1.54, 1.807) is 6.20 Å². The van der Waals surface area contributed by atoms with E-state index in [0.29, 0.717) is 0 Å². The third-order valence-corrected chi connectivity index (χ3v) is 3.93. The van der Waals surface area contributed by atoms with Crippen LogP contribution in [-0.4, -0.2) is 14.9 Å². The van der Waals surface area contributed by atoms with Gasteiger partial charge in [-0.1, -0.05) is 34.1 Å². The van der Waals surface area contributed by atoms with Gasteiger partial charge >= 0.3 is 0 Å². The van der Waals surface area contributed by atoms with Gasteiger partial charge in [-0.25, -0.2) is 0 Å². The molecular formula is C16H15BrN2O. The monoisotopic (exact) mass is 330 g/mol. The normalized spacial score (nSPS) is 12.8. The van der Waals surface area contributed by atoms with Gasteiger partial charge in [-0.15, -0.1) is 0 Å². The Kier molecular flexibility index (Phi) is 3.59. The first-order chi connectivity index (χ1) is 9.67. The first-order valence-corrected chi connectivity index (χ1v) is 7.36. The number of rotatable bonds is 3. The van der Waals surface area contributed by atoms with Gasteiger partial charge < -0.3 is 5.11 Å². The number of aliphatic hydroxyl groups is 1. The van der Waals surface area contributed by atoms with Crippen LogP contribution in [0.4, 0.5) is 0 Å². The number of aryl methyl sites for hydroxylation is 1. The summed E-state index contributed by atoms with van der Waals surface area (Å²) < 4.78 is 2.87.